The highest BCUT2D eigenvalue weighted by Gasteiger charge is 2.38. The predicted octanol–water partition coefficient (Wildman–Crippen LogP) is 2.56. The molecule has 39 heavy (non-hydrogen) atoms. The number of carbonyl (C=O) groups excluding carboxylic acids is 1. The van der Waals surface area contributed by atoms with Gasteiger partial charge >= 0.3 is 18.1 Å². The van der Waals surface area contributed by atoms with Crippen molar-refractivity contribution in [3.05, 3.63) is 10.4 Å². The molecular formula is C25H33F3N6O5. The Morgan fingerprint density at radius 1 is 1.08 bits per heavy atom. The second-order valence-corrected chi connectivity index (χ2v) is 9.26. The third kappa shape index (κ3) is 7.01. The molecule has 0 aliphatic carbocycles. The number of hydrogen-bond donors (Lipinski definition) is 1. The van der Waals surface area contributed by atoms with Crippen molar-refractivity contribution in [2.75, 3.05) is 42.6 Å². The van der Waals surface area contributed by atoms with Crippen LogP contribution in [0.15, 0.2) is 4.79 Å². The average molecular weight is 555 g/mol. The summed E-state index contributed by atoms with van der Waals surface area (Å²) >= 11 is 0. The lowest BCUT2D eigenvalue weighted by Crippen LogP contribution is -2.42. The Morgan fingerprint density at radius 2 is 1.69 bits per heavy atom. The van der Waals surface area contributed by atoms with Gasteiger partial charge in [-0.2, -0.15) is 23.1 Å². The summed E-state index contributed by atoms with van der Waals surface area (Å²) in [4.78, 5) is 48.5. The van der Waals surface area contributed by atoms with Gasteiger partial charge in [0.2, 0.25) is 11.9 Å². The van der Waals surface area contributed by atoms with Gasteiger partial charge in [0.15, 0.2) is 11.2 Å². The predicted molar refractivity (Wildman–Crippen MR) is 138 cm³/mol. The number of imidazole rings is 1. The topological polar surface area (TPSA) is 123 Å². The number of carbonyl (C=O) groups is 2. The van der Waals surface area contributed by atoms with Crippen molar-refractivity contribution in [2.45, 2.75) is 58.7 Å². The van der Waals surface area contributed by atoms with E-state index in [2.05, 4.69) is 16.7 Å². The van der Waals surface area contributed by atoms with Gasteiger partial charge in [-0.05, 0) is 46.0 Å². The van der Waals surface area contributed by atoms with E-state index in [0.717, 1.165) is 51.3 Å². The van der Waals surface area contributed by atoms with Crippen LogP contribution in [0, 0.1) is 17.8 Å². The number of rotatable bonds is 5. The molecule has 1 N–H and O–H groups in total. The van der Waals surface area contributed by atoms with Crippen LogP contribution >= 0.6 is 0 Å². The molecule has 2 aromatic rings. The summed E-state index contributed by atoms with van der Waals surface area (Å²) in [6.07, 6.45) is -0.0110. The van der Waals surface area contributed by atoms with Crippen molar-refractivity contribution in [3.8, 4) is 11.8 Å². The number of carboxylic acids is 1. The molecule has 0 bridgehead atoms. The van der Waals surface area contributed by atoms with Gasteiger partial charge in [0.25, 0.3) is 5.56 Å². The van der Waals surface area contributed by atoms with E-state index in [1.54, 1.807) is 18.5 Å². The van der Waals surface area contributed by atoms with E-state index in [9.17, 15) is 22.8 Å². The summed E-state index contributed by atoms with van der Waals surface area (Å²) in [6, 6.07) is 0. The van der Waals surface area contributed by atoms with E-state index >= 15 is 0 Å². The highest BCUT2D eigenvalue weighted by Crippen LogP contribution is 2.26. The first-order chi connectivity index (χ1) is 18.5. The van der Waals surface area contributed by atoms with Gasteiger partial charge in [-0.1, -0.05) is 5.92 Å². The van der Waals surface area contributed by atoms with Gasteiger partial charge in [-0.15, -0.1) is 5.92 Å². The smallest absolute Gasteiger partial charge is 0.475 e. The van der Waals surface area contributed by atoms with E-state index in [0.29, 0.717) is 36.8 Å². The summed E-state index contributed by atoms with van der Waals surface area (Å²) in [5, 5.41) is 7.12. The highest BCUT2D eigenvalue weighted by molar-refractivity contribution is 5.77. The number of aromatic nitrogens is 4. The monoisotopic (exact) mass is 554 g/mol. The lowest BCUT2D eigenvalue weighted by Gasteiger charge is -2.32. The van der Waals surface area contributed by atoms with Crippen molar-refractivity contribution in [1.29, 1.82) is 0 Å². The summed E-state index contributed by atoms with van der Waals surface area (Å²) in [7, 11) is 1.74. The Labute approximate surface area is 223 Å². The van der Waals surface area contributed by atoms with Crippen LogP contribution in [0.1, 0.15) is 46.0 Å². The van der Waals surface area contributed by atoms with Crippen molar-refractivity contribution >= 4 is 35.0 Å². The van der Waals surface area contributed by atoms with Crippen molar-refractivity contribution < 1.29 is 32.6 Å². The van der Waals surface area contributed by atoms with E-state index < -0.39 is 12.1 Å². The molecule has 2 aliphatic heterocycles. The molecule has 2 fully saturated rings. The van der Waals surface area contributed by atoms with Crippen LogP contribution in [0.3, 0.4) is 0 Å². The molecule has 4 heterocycles. The molecule has 2 aliphatic rings. The number of esters is 1. The van der Waals surface area contributed by atoms with Gasteiger partial charge in [0.1, 0.15) is 0 Å². The normalized spacial score (nSPS) is 17.6. The maximum atomic E-state index is 13.5. The quantitative estimate of drug-likeness (QED) is 0.439. The molecule has 4 rings (SSSR count). The zero-order chi connectivity index (χ0) is 28.7. The number of alkyl halides is 3. The Kier molecular flexibility index (Phi) is 9.82. The maximum absolute atomic E-state index is 13.5. The lowest BCUT2D eigenvalue weighted by molar-refractivity contribution is -0.192. The lowest BCUT2D eigenvalue weighted by atomic mass is 9.98. The Balaban J connectivity index is 0.000000532. The summed E-state index contributed by atoms with van der Waals surface area (Å²) in [5.41, 5.74) is 0.787. The fourth-order valence-corrected chi connectivity index (χ4v) is 4.67. The fraction of sp³-hybridized carbons (Fsp3) is 0.640. The molecule has 0 unspecified atom stereocenters. The van der Waals surface area contributed by atoms with Gasteiger partial charge in [0, 0.05) is 33.2 Å². The molecule has 2 aromatic heterocycles. The molecule has 0 saturated carbocycles. The summed E-state index contributed by atoms with van der Waals surface area (Å²) < 4.78 is 40.4. The number of ether oxygens (including phenoxy) is 1. The Bertz CT molecular complexity index is 1300. The van der Waals surface area contributed by atoms with Crippen LogP contribution < -0.4 is 15.4 Å². The van der Waals surface area contributed by atoms with E-state index in [1.165, 1.54) is 6.42 Å². The number of halogens is 3. The molecule has 214 valence electrons. The highest BCUT2D eigenvalue weighted by atomic mass is 19.4. The van der Waals surface area contributed by atoms with E-state index in [1.807, 2.05) is 16.4 Å². The van der Waals surface area contributed by atoms with Crippen LogP contribution in [0.2, 0.25) is 0 Å². The maximum Gasteiger partial charge on any atom is 0.490 e. The zero-order valence-electron chi connectivity index (χ0n) is 22.3. The number of hydrogen-bond acceptors (Lipinski definition) is 8. The van der Waals surface area contributed by atoms with Gasteiger partial charge in [-0.25, -0.2) is 4.79 Å². The summed E-state index contributed by atoms with van der Waals surface area (Å²) in [6.45, 7) is 7.46. The minimum absolute atomic E-state index is 0.142. The number of carboxylic acid groups (broad SMARTS) is 1. The van der Waals surface area contributed by atoms with Crippen LogP contribution in [-0.4, -0.2) is 75.1 Å². The standard InChI is InChI=1S/C23H32N6O3.C2HF3O2/c1-4-6-15-29-18-19(25-23(29)27-12-8-7-9-13-27)24-22(26(3)20(18)30)28-14-10-11-17(16-28)21(31)32-5-2;3-2(4,5)1(6)7/h17H,5,7-16H2,1-3H3;(H,6,7)/t17-;/m0./s1. The molecular weight excluding hydrogens is 521 g/mol. The molecule has 0 aromatic carbocycles. The van der Waals surface area contributed by atoms with Gasteiger partial charge in [0.05, 0.1) is 19.1 Å². The minimum atomic E-state index is -5.08. The van der Waals surface area contributed by atoms with E-state index in [-0.39, 0.29) is 17.4 Å². The molecule has 0 amide bonds. The first kappa shape index (κ1) is 29.8. The second kappa shape index (κ2) is 12.9. The molecule has 11 nitrogen and oxygen atoms in total. The van der Waals surface area contributed by atoms with Crippen molar-refractivity contribution in [1.82, 2.24) is 19.1 Å². The molecule has 0 spiro atoms. The van der Waals surface area contributed by atoms with Crippen molar-refractivity contribution in [3.63, 3.8) is 0 Å². The number of fused-ring (bicyclic) bond motifs is 1. The number of anilines is 2. The fourth-order valence-electron chi connectivity index (χ4n) is 4.67. The first-order valence-corrected chi connectivity index (χ1v) is 12.8. The first-order valence-electron chi connectivity index (χ1n) is 12.8. The number of aliphatic carboxylic acids is 1. The number of nitrogens with zero attached hydrogens (tertiary/aromatic N) is 6. The van der Waals surface area contributed by atoms with Crippen LogP contribution in [0.4, 0.5) is 25.1 Å². The number of piperidine rings is 2. The Hall–Kier alpha value is -3.76. The zero-order valence-corrected chi connectivity index (χ0v) is 22.3. The molecule has 1 atom stereocenters. The third-order valence-corrected chi connectivity index (χ3v) is 6.56. The Morgan fingerprint density at radius 3 is 2.28 bits per heavy atom. The summed E-state index contributed by atoms with van der Waals surface area (Å²) in [5.74, 6) is 4.18. The van der Waals surface area contributed by atoms with E-state index in [4.69, 9.17) is 24.6 Å². The largest absolute Gasteiger partial charge is 0.490 e. The third-order valence-electron chi connectivity index (χ3n) is 6.56. The van der Waals surface area contributed by atoms with Gasteiger partial charge < -0.3 is 19.6 Å². The second-order valence-electron chi connectivity index (χ2n) is 9.26. The average Bonchev–Trinajstić information content (AvgIpc) is 3.28. The minimum Gasteiger partial charge on any atom is -0.475 e. The molecule has 0 radical (unpaired) electrons. The van der Waals surface area contributed by atoms with Crippen LogP contribution in [0.25, 0.3) is 11.2 Å². The molecule has 2 saturated heterocycles. The van der Waals surface area contributed by atoms with Crippen molar-refractivity contribution in [2.24, 2.45) is 13.0 Å². The van der Waals surface area contributed by atoms with Crippen LogP contribution in [0.5, 0.6) is 0 Å². The molecule has 14 heteroatoms. The van der Waals surface area contributed by atoms with Crippen LogP contribution in [-0.2, 0) is 27.9 Å². The SMILES string of the molecule is CC#CCn1c(N2CCCCC2)nc2nc(N3CCC[C@H](C(=O)OCC)C3)n(C)c(=O)c21.O=C(O)C(F)(F)F. The van der Waals surface area contributed by atoms with Gasteiger partial charge in [-0.3, -0.25) is 18.7 Å².